The molecule has 3 aromatic carbocycles. The highest BCUT2D eigenvalue weighted by Crippen LogP contribution is 2.43. The third kappa shape index (κ3) is 5.59. The molecule has 0 aromatic heterocycles. The molecule has 0 aliphatic carbocycles. The monoisotopic (exact) mass is 500 g/mol. The van der Waals surface area contributed by atoms with Crippen molar-refractivity contribution in [1.29, 1.82) is 0 Å². The second-order valence-electron chi connectivity index (χ2n) is 8.44. The maximum Gasteiger partial charge on any atom is 0.258 e. The Labute approximate surface area is 217 Å². The molecule has 2 amide bonds. The van der Waals surface area contributed by atoms with Crippen molar-refractivity contribution in [2.24, 2.45) is 5.73 Å². The van der Waals surface area contributed by atoms with Crippen LogP contribution in [0, 0.1) is 0 Å². The largest absolute Gasteiger partial charge is 0.490 e. The molecule has 0 spiro atoms. The third-order valence-electron chi connectivity index (χ3n) is 6.00. The van der Waals surface area contributed by atoms with Gasteiger partial charge in [-0.25, -0.2) is 0 Å². The van der Waals surface area contributed by atoms with E-state index in [-0.39, 0.29) is 18.2 Å². The molecule has 0 unspecified atom stereocenters. The summed E-state index contributed by atoms with van der Waals surface area (Å²) in [6, 6.07) is 20.8. The number of amides is 2. The van der Waals surface area contributed by atoms with E-state index in [1.165, 1.54) is 0 Å². The van der Waals surface area contributed by atoms with Gasteiger partial charge in [0, 0.05) is 43.0 Å². The lowest BCUT2D eigenvalue weighted by atomic mass is 9.99. The van der Waals surface area contributed by atoms with Crippen LogP contribution in [0.25, 0.3) is 11.3 Å². The minimum Gasteiger partial charge on any atom is -0.490 e. The minimum absolute atomic E-state index is 0.0499. The van der Waals surface area contributed by atoms with Gasteiger partial charge in [-0.2, -0.15) is 0 Å². The Kier molecular flexibility index (Phi) is 8.10. The van der Waals surface area contributed by atoms with Gasteiger partial charge in [-0.15, -0.1) is 0 Å². The second-order valence-corrected chi connectivity index (χ2v) is 8.44. The number of fused-ring (bicyclic) bond motifs is 1. The highest BCUT2D eigenvalue weighted by Gasteiger charge is 2.30. The summed E-state index contributed by atoms with van der Waals surface area (Å²) in [4.78, 5) is 27.1. The predicted molar refractivity (Wildman–Crippen MR) is 148 cm³/mol. The molecule has 0 saturated heterocycles. The van der Waals surface area contributed by atoms with Crippen molar-refractivity contribution in [3.05, 3.63) is 77.9 Å². The lowest BCUT2D eigenvalue weighted by molar-refractivity contribution is -0.118. The van der Waals surface area contributed by atoms with Crippen molar-refractivity contribution in [3.8, 4) is 11.5 Å². The first-order chi connectivity index (χ1) is 18.0. The highest BCUT2D eigenvalue weighted by atomic mass is 16.5. The maximum atomic E-state index is 13.3. The number of ether oxygens (including phenoxy) is 2. The predicted octanol–water partition coefficient (Wildman–Crippen LogP) is 4.73. The highest BCUT2D eigenvalue weighted by molar-refractivity contribution is 6.37. The fourth-order valence-corrected chi connectivity index (χ4v) is 4.19. The van der Waals surface area contributed by atoms with Gasteiger partial charge in [0.2, 0.25) is 5.91 Å². The normalized spacial score (nSPS) is 13.5. The zero-order valence-electron chi connectivity index (χ0n) is 21.3. The van der Waals surface area contributed by atoms with Gasteiger partial charge in [0.15, 0.2) is 11.5 Å². The topological polar surface area (TPSA) is 106 Å². The molecule has 0 saturated carbocycles. The van der Waals surface area contributed by atoms with Gasteiger partial charge in [-0.3, -0.25) is 9.59 Å². The van der Waals surface area contributed by atoms with Crippen LogP contribution >= 0.6 is 0 Å². The Morgan fingerprint density at radius 2 is 1.62 bits per heavy atom. The van der Waals surface area contributed by atoms with E-state index in [0.717, 1.165) is 22.5 Å². The van der Waals surface area contributed by atoms with Gasteiger partial charge >= 0.3 is 0 Å². The van der Waals surface area contributed by atoms with Gasteiger partial charge in [-0.05, 0) is 49.7 Å². The number of hydrogen-bond donors (Lipinski definition) is 3. The molecule has 1 aliphatic heterocycles. The van der Waals surface area contributed by atoms with Crippen LogP contribution in [-0.2, 0) is 9.59 Å². The van der Waals surface area contributed by atoms with E-state index in [1.54, 1.807) is 18.0 Å². The lowest BCUT2D eigenvalue weighted by Crippen LogP contribution is -2.27. The lowest BCUT2D eigenvalue weighted by Gasteiger charge is -2.19. The van der Waals surface area contributed by atoms with Gasteiger partial charge < -0.3 is 30.7 Å². The Balaban J connectivity index is 1.77. The summed E-state index contributed by atoms with van der Waals surface area (Å²) < 4.78 is 11.6. The first-order valence-electron chi connectivity index (χ1n) is 12.4. The van der Waals surface area contributed by atoms with Gasteiger partial charge in [0.25, 0.3) is 5.91 Å². The van der Waals surface area contributed by atoms with Crippen molar-refractivity contribution >= 4 is 40.1 Å². The fraction of sp³-hybridized carbons (Fsp3) is 0.241. The van der Waals surface area contributed by atoms with Crippen molar-refractivity contribution < 1.29 is 19.1 Å². The average Bonchev–Trinajstić information content (AvgIpc) is 3.22. The molecule has 0 radical (unpaired) electrons. The van der Waals surface area contributed by atoms with Crippen LogP contribution in [0.15, 0.2) is 66.7 Å². The summed E-state index contributed by atoms with van der Waals surface area (Å²) >= 11 is 0. The summed E-state index contributed by atoms with van der Waals surface area (Å²) in [6.45, 7) is 5.07. The zero-order chi connectivity index (χ0) is 26.4. The molecule has 8 nitrogen and oxygen atoms in total. The number of nitrogens with one attached hydrogen (secondary N) is 2. The Bertz CT molecular complexity index is 1300. The van der Waals surface area contributed by atoms with Gasteiger partial charge in [0.1, 0.15) is 0 Å². The molecule has 192 valence electrons. The number of anilines is 3. The molecule has 0 bridgehead atoms. The summed E-state index contributed by atoms with van der Waals surface area (Å²) in [6.07, 6.45) is 0.282. The van der Waals surface area contributed by atoms with Gasteiger partial charge in [-0.1, -0.05) is 30.3 Å². The Hall–Kier alpha value is -4.30. The smallest absolute Gasteiger partial charge is 0.258 e. The molecule has 37 heavy (non-hydrogen) atoms. The molecule has 0 fully saturated rings. The van der Waals surface area contributed by atoms with Crippen LogP contribution in [-0.4, -0.2) is 38.6 Å². The molecule has 3 aromatic rings. The first kappa shape index (κ1) is 25.8. The minimum atomic E-state index is -0.221. The molecular weight excluding hydrogens is 468 g/mol. The van der Waals surface area contributed by atoms with Crippen LogP contribution < -0.4 is 30.7 Å². The van der Waals surface area contributed by atoms with Crippen molar-refractivity contribution in [3.63, 3.8) is 0 Å². The van der Waals surface area contributed by atoms with E-state index in [0.29, 0.717) is 48.2 Å². The molecule has 8 heteroatoms. The first-order valence-corrected chi connectivity index (χ1v) is 12.4. The zero-order valence-corrected chi connectivity index (χ0v) is 21.3. The van der Waals surface area contributed by atoms with Crippen LogP contribution in [0.3, 0.4) is 0 Å². The molecule has 4 rings (SSSR count). The maximum absolute atomic E-state index is 13.3. The summed E-state index contributed by atoms with van der Waals surface area (Å²) in [5.74, 6) is 0.897. The molecule has 1 aliphatic rings. The molecular formula is C29H32N4O4. The number of rotatable bonds is 10. The van der Waals surface area contributed by atoms with Crippen molar-refractivity contribution in [1.82, 2.24) is 0 Å². The number of nitrogens with two attached hydrogens (primary N) is 1. The van der Waals surface area contributed by atoms with E-state index in [4.69, 9.17) is 15.2 Å². The quantitative estimate of drug-likeness (QED) is 0.348. The van der Waals surface area contributed by atoms with Crippen LogP contribution in [0.1, 0.15) is 31.4 Å². The SMILES string of the molecule is CCOc1cc2c(cc1OCC)C(=C(Nc1ccc(N(C)C(=O)CCN)cc1)c1ccccc1)C(=O)N2. The summed E-state index contributed by atoms with van der Waals surface area (Å²) in [5, 5.41) is 6.42. The molecule has 0 atom stereocenters. The summed E-state index contributed by atoms with van der Waals surface area (Å²) in [5.41, 5.74) is 10.5. The van der Waals surface area contributed by atoms with E-state index in [1.807, 2.05) is 74.5 Å². The van der Waals surface area contributed by atoms with E-state index < -0.39 is 0 Å². The van der Waals surface area contributed by atoms with Crippen LogP contribution in [0.2, 0.25) is 0 Å². The number of carbonyl (C=O) groups is 2. The third-order valence-corrected chi connectivity index (χ3v) is 6.00. The standard InChI is InChI=1S/C29H32N4O4/c1-4-36-24-17-22-23(18-25(24)37-5-2)32-29(35)27(22)28(19-9-7-6-8-10-19)31-20-11-13-21(14-12-20)33(3)26(34)15-16-30/h6-14,17-18,31H,4-5,15-16,30H2,1-3H3,(H,32,35). The molecule has 4 N–H and O–H groups in total. The molecule has 1 heterocycles. The van der Waals surface area contributed by atoms with E-state index in [9.17, 15) is 9.59 Å². The number of hydrogen-bond acceptors (Lipinski definition) is 6. The van der Waals surface area contributed by atoms with Crippen molar-refractivity contribution in [2.45, 2.75) is 20.3 Å². The van der Waals surface area contributed by atoms with Crippen molar-refractivity contribution in [2.75, 3.05) is 42.3 Å². The Morgan fingerprint density at radius 1 is 0.973 bits per heavy atom. The number of benzene rings is 3. The number of carbonyl (C=O) groups excluding carboxylic acids is 2. The number of nitrogens with zero attached hydrogens (tertiary/aromatic N) is 1. The van der Waals surface area contributed by atoms with Gasteiger partial charge in [0.05, 0.1) is 30.2 Å². The van der Waals surface area contributed by atoms with Crippen LogP contribution in [0.4, 0.5) is 17.1 Å². The van der Waals surface area contributed by atoms with E-state index >= 15 is 0 Å². The Morgan fingerprint density at radius 3 is 2.24 bits per heavy atom. The van der Waals surface area contributed by atoms with E-state index in [2.05, 4.69) is 10.6 Å². The average molecular weight is 501 g/mol. The summed E-state index contributed by atoms with van der Waals surface area (Å²) in [7, 11) is 1.73. The fourth-order valence-electron chi connectivity index (χ4n) is 4.19. The van der Waals surface area contributed by atoms with Crippen LogP contribution in [0.5, 0.6) is 11.5 Å². The second kappa shape index (κ2) is 11.6.